The number of aromatic nitrogens is 3. The maximum Gasteiger partial charge on any atom is 0.237 e. The molecule has 1 heterocycles. The largest absolute Gasteiger partial charge is 0.325 e. The van der Waals surface area contributed by atoms with Gasteiger partial charge in [0.1, 0.15) is 5.82 Å². The van der Waals surface area contributed by atoms with E-state index < -0.39 is 0 Å². The number of hydrogen-bond donors (Lipinski definition) is 1. The average molecular weight is 395 g/mol. The Labute approximate surface area is 168 Å². The van der Waals surface area contributed by atoms with Gasteiger partial charge < -0.3 is 9.88 Å². The van der Waals surface area contributed by atoms with Gasteiger partial charge >= 0.3 is 0 Å². The normalized spacial score (nSPS) is 11.8. The zero-order valence-corrected chi connectivity index (χ0v) is 16.9. The van der Waals surface area contributed by atoms with Gasteiger partial charge in [-0.05, 0) is 50.6 Å². The molecule has 144 valence electrons. The monoisotopic (exact) mass is 394 g/mol. The van der Waals surface area contributed by atoms with E-state index in [4.69, 9.17) is 0 Å². The minimum absolute atomic E-state index is 0.00470. The number of benzene rings is 2. The molecule has 0 radical (unpaired) electrons. The Hall–Kier alpha value is -2.93. The molecule has 3 rings (SSSR count). The standard InChI is InChI=1S/C21H22N4O2S/c1-14(26)18-9-11-19(12-10-18)22-20(27)15(2)28-21-24-23-16(3)25(21)13-17-7-5-4-6-8-17/h4-12,15H,13H2,1-3H3,(H,22,27)/t15-/m1/s1. The number of ketones is 1. The fourth-order valence-electron chi connectivity index (χ4n) is 2.64. The number of anilines is 1. The van der Waals surface area contributed by atoms with E-state index in [9.17, 15) is 9.59 Å². The van der Waals surface area contributed by atoms with Crippen molar-refractivity contribution in [2.75, 3.05) is 5.32 Å². The topological polar surface area (TPSA) is 76.9 Å². The lowest BCUT2D eigenvalue weighted by Gasteiger charge is -2.13. The highest BCUT2D eigenvalue weighted by molar-refractivity contribution is 8.00. The van der Waals surface area contributed by atoms with E-state index in [1.165, 1.54) is 18.7 Å². The Morgan fingerprint density at radius 1 is 1.07 bits per heavy atom. The van der Waals surface area contributed by atoms with Gasteiger partial charge in [0.15, 0.2) is 10.9 Å². The fourth-order valence-corrected chi connectivity index (χ4v) is 3.53. The minimum Gasteiger partial charge on any atom is -0.325 e. The van der Waals surface area contributed by atoms with Crippen LogP contribution in [-0.4, -0.2) is 31.7 Å². The molecule has 0 saturated carbocycles. The van der Waals surface area contributed by atoms with Gasteiger partial charge in [-0.25, -0.2) is 0 Å². The van der Waals surface area contributed by atoms with Crippen LogP contribution in [0.1, 0.15) is 35.6 Å². The number of hydrogen-bond acceptors (Lipinski definition) is 5. The average Bonchev–Trinajstić information content (AvgIpc) is 3.02. The van der Waals surface area contributed by atoms with E-state index >= 15 is 0 Å². The Bertz CT molecular complexity index is 968. The summed E-state index contributed by atoms with van der Waals surface area (Å²) >= 11 is 1.37. The molecule has 0 saturated heterocycles. The zero-order valence-electron chi connectivity index (χ0n) is 16.0. The SMILES string of the molecule is CC(=O)c1ccc(NC(=O)[C@@H](C)Sc2nnc(C)n2Cc2ccccc2)cc1. The van der Waals surface area contributed by atoms with Crippen LogP contribution in [0.3, 0.4) is 0 Å². The highest BCUT2D eigenvalue weighted by Crippen LogP contribution is 2.24. The molecule has 1 atom stereocenters. The van der Waals surface area contributed by atoms with Crippen molar-refractivity contribution in [3.8, 4) is 0 Å². The number of aryl methyl sites for hydroxylation is 1. The molecular weight excluding hydrogens is 372 g/mol. The van der Waals surface area contributed by atoms with Crippen molar-refractivity contribution in [2.24, 2.45) is 0 Å². The molecule has 1 N–H and O–H groups in total. The summed E-state index contributed by atoms with van der Waals surface area (Å²) in [7, 11) is 0. The lowest BCUT2D eigenvalue weighted by molar-refractivity contribution is -0.115. The molecule has 0 fully saturated rings. The summed E-state index contributed by atoms with van der Waals surface area (Å²) in [5.41, 5.74) is 2.42. The molecule has 0 spiro atoms. The zero-order chi connectivity index (χ0) is 20.1. The number of nitrogens with zero attached hydrogens (tertiary/aromatic N) is 3. The molecule has 0 aliphatic rings. The predicted molar refractivity (Wildman–Crippen MR) is 111 cm³/mol. The highest BCUT2D eigenvalue weighted by Gasteiger charge is 2.19. The van der Waals surface area contributed by atoms with Gasteiger partial charge in [0.2, 0.25) is 5.91 Å². The lowest BCUT2D eigenvalue weighted by atomic mass is 10.1. The van der Waals surface area contributed by atoms with Crippen LogP contribution in [0.4, 0.5) is 5.69 Å². The van der Waals surface area contributed by atoms with Crippen LogP contribution in [0.25, 0.3) is 0 Å². The van der Waals surface area contributed by atoms with E-state index in [0.29, 0.717) is 23.0 Å². The van der Waals surface area contributed by atoms with Gasteiger partial charge in [0, 0.05) is 11.3 Å². The van der Waals surface area contributed by atoms with E-state index in [-0.39, 0.29) is 16.9 Å². The van der Waals surface area contributed by atoms with Crippen LogP contribution < -0.4 is 5.32 Å². The summed E-state index contributed by atoms with van der Waals surface area (Å²) in [4.78, 5) is 23.9. The molecule has 2 aromatic carbocycles. The quantitative estimate of drug-likeness (QED) is 0.485. The van der Waals surface area contributed by atoms with Crippen LogP contribution in [0.5, 0.6) is 0 Å². The van der Waals surface area contributed by atoms with Crippen LogP contribution >= 0.6 is 11.8 Å². The number of Topliss-reactive ketones (excluding diaryl/α,β-unsaturated/α-hetero) is 1. The molecule has 6 nitrogen and oxygen atoms in total. The Morgan fingerprint density at radius 2 is 1.75 bits per heavy atom. The van der Waals surface area contributed by atoms with E-state index in [2.05, 4.69) is 27.6 Å². The second-order valence-corrected chi connectivity index (χ2v) is 7.79. The van der Waals surface area contributed by atoms with Gasteiger partial charge in [-0.3, -0.25) is 9.59 Å². The first-order valence-corrected chi connectivity index (χ1v) is 9.84. The lowest BCUT2D eigenvalue weighted by Crippen LogP contribution is -2.23. The second-order valence-electron chi connectivity index (χ2n) is 6.48. The molecule has 1 amide bonds. The summed E-state index contributed by atoms with van der Waals surface area (Å²) in [6.07, 6.45) is 0. The van der Waals surface area contributed by atoms with Crippen LogP contribution in [0.15, 0.2) is 59.8 Å². The van der Waals surface area contributed by atoms with Crippen molar-refractivity contribution in [3.63, 3.8) is 0 Å². The van der Waals surface area contributed by atoms with E-state index in [0.717, 1.165) is 11.4 Å². The minimum atomic E-state index is -0.356. The third-order valence-electron chi connectivity index (χ3n) is 4.30. The first-order valence-electron chi connectivity index (χ1n) is 8.96. The summed E-state index contributed by atoms with van der Waals surface area (Å²) in [6.45, 7) is 5.91. The highest BCUT2D eigenvalue weighted by atomic mass is 32.2. The van der Waals surface area contributed by atoms with Gasteiger partial charge in [-0.2, -0.15) is 0 Å². The third kappa shape index (κ3) is 4.86. The molecule has 1 aromatic heterocycles. The smallest absolute Gasteiger partial charge is 0.237 e. The van der Waals surface area contributed by atoms with Crippen molar-refractivity contribution in [2.45, 2.75) is 37.7 Å². The first kappa shape index (κ1) is 19.8. The molecule has 0 bridgehead atoms. The number of carbonyl (C=O) groups excluding carboxylic acids is 2. The van der Waals surface area contributed by atoms with Crippen LogP contribution in [-0.2, 0) is 11.3 Å². The molecule has 0 aliphatic heterocycles. The Kier molecular flexibility index (Phi) is 6.26. The number of nitrogens with one attached hydrogen (secondary N) is 1. The molecule has 28 heavy (non-hydrogen) atoms. The number of thioether (sulfide) groups is 1. The second kappa shape index (κ2) is 8.84. The Balaban J connectivity index is 1.66. The third-order valence-corrected chi connectivity index (χ3v) is 5.38. The summed E-state index contributed by atoms with van der Waals surface area (Å²) in [5.74, 6) is 0.668. The van der Waals surface area contributed by atoms with E-state index in [1.54, 1.807) is 24.3 Å². The van der Waals surface area contributed by atoms with Gasteiger partial charge in [0.05, 0.1) is 11.8 Å². The number of rotatable bonds is 7. The van der Waals surface area contributed by atoms with Crippen molar-refractivity contribution in [1.29, 1.82) is 0 Å². The van der Waals surface area contributed by atoms with E-state index in [1.807, 2.05) is 36.6 Å². The molecule has 0 unspecified atom stereocenters. The summed E-state index contributed by atoms with van der Waals surface area (Å²) in [6, 6.07) is 16.9. The van der Waals surface area contributed by atoms with Crippen molar-refractivity contribution in [3.05, 3.63) is 71.5 Å². The first-order chi connectivity index (χ1) is 13.4. The van der Waals surface area contributed by atoms with Crippen molar-refractivity contribution < 1.29 is 9.59 Å². The summed E-state index contributed by atoms with van der Waals surface area (Å²) < 4.78 is 2.01. The molecule has 0 aliphatic carbocycles. The summed E-state index contributed by atoms with van der Waals surface area (Å²) in [5, 5.41) is 11.6. The van der Waals surface area contributed by atoms with Crippen LogP contribution in [0.2, 0.25) is 0 Å². The maximum atomic E-state index is 12.6. The van der Waals surface area contributed by atoms with Crippen molar-refractivity contribution in [1.82, 2.24) is 14.8 Å². The molecular formula is C21H22N4O2S. The van der Waals surface area contributed by atoms with Crippen molar-refractivity contribution >= 4 is 29.1 Å². The number of amides is 1. The molecule has 3 aromatic rings. The van der Waals surface area contributed by atoms with Gasteiger partial charge in [-0.15, -0.1) is 10.2 Å². The van der Waals surface area contributed by atoms with Gasteiger partial charge in [-0.1, -0.05) is 42.1 Å². The fraction of sp³-hybridized carbons (Fsp3) is 0.238. The predicted octanol–water partition coefficient (Wildman–Crippen LogP) is 3.96. The van der Waals surface area contributed by atoms with Crippen LogP contribution in [0, 0.1) is 6.92 Å². The van der Waals surface area contributed by atoms with Gasteiger partial charge in [0.25, 0.3) is 0 Å². The number of carbonyl (C=O) groups is 2. The maximum absolute atomic E-state index is 12.6. The molecule has 7 heteroatoms. The Morgan fingerprint density at radius 3 is 2.39 bits per heavy atom.